The molecule has 0 bridgehead atoms. The summed E-state index contributed by atoms with van der Waals surface area (Å²) in [6.07, 6.45) is 3.61. The normalized spacial score (nSPS) is 14.5. The van der Waals surface area contributed by atoms with Gasteiger partial charge in [0.1, 0.15) is 11.6 Å². The molecule has 1 saturated heterocycles. The number of amides is 1. The predicted octanol–water partition coefficient (Wildman–Crippen LogP) is 4.26. The van der Waals surface area contributed by atoms with Gasteiger partial charge in [-0.15, -0.1) is 10.2 Å². The lowest BCUT2D eigenvalue weighted by atomic mass is 10.1. The maximum Gasteiger partial charge on any atom is 0.234 e. The summed E-state index contributed by atoms with van der Waals surface area (Å²) in [7, 11) is 0. The molecule has 1 aliphatic rings. The number of carbonyl (C=O) groups excluding carboxylic acids is 1. The molecule has 6 nitrogen and oxygen atoms in total. The lowest BCUT2D eigenvalue weighted by Crippen LogP contribution is -2.30. The highest BCUT2D eigenvalue weighted by Gasteiger charge is 2.19. The molecule has 1 aromatic heterocycles. The van der Waals surface area contributed by atoms with Gasteiger partial charge < -0.3 is 5.32 Å². The van der Waals surface area contributed by atoms with E-state index >= 15 is 0 Å². The van der Waals surface area contributed by atoms with Crippen molar-refractivity contribution >= 4 is 23.4 Å². The van der Waals surface area contributed by atoms with E-state index in [1.807, 2.05) is 34.9 Å². The smallest absolute Gasteiger partial charge is 0.234 e. The Morgan fingerprint density at radius 3 is 2.58 bits per heavy atom. The number of hydrogen-bond acceptors (Lipinski definition) is 5. The second kappa shape index (κ2) is 10.0. The molecule has 9 heteroatoms. The Balaban J connectivity index is 1.49. The third-order valence-electron chi connectivity index (χ3n) is 5.06. The fourth-order valence-electron chi connectivity index (χ4n) is 3.56. The van der Waals surface area contributed by atoms with Gasteiger partial charge in [-0.05, 0) is 50.2 Å². The fraction of sp³-hybridized carbons (Fsp3) is 0.318. The molecule has 31 heavy (non-hydrogen) atoms. The lowest BCUT2D eigenvalue weighted by molar-refractivity contribution is -0.113. The van der Waals surface area contributed by atoms with E-state index in [0.29, 0.717) is 11.7 Å². The molecule has 0 atom stereocenters. The summed E-state index contributed by atoms with van der Waals surface area (Å²) < 4.78 is 29.1. The van der Waals surface area contributed by atoms with E-state index in [9.17, 15) is 13.6 Å². The van der Waals surface area contributed by atoms with E-state index in [2.05, 4.69) is 20.4 Å². The zero-order valence-electron chi connectivity index (χ0n) is 16.9. The number of thioether (sulfide) groups is 1. The summed E-state index contributed by atoms with van der Waals surface area (Å²) in [5.41, 5.74) is 0.736. The van der Waals surface area contributed by atoms with Crippen LogP contribution < -0.4 is 5.32 Å². The summed E-state index contributed by atoms with van der Waals surface area (Å²) in [6, 6.07) is 12.7. The van der Waals surface area contributed by atoms with E-state index in [-0.39, 0.29) is 11.4 Å². The third kappa shape index (κ3) is 5.48. The van der Waals surface area contributed by atoms with Crippen LogP contribution in [-0.2, 0) is 11.3 Å². The van der Waals surface area contributed by atoms with Gasteiger partial charge in [-0.2, -0.15) is 0 Å². The van der Waals surface area contributed by atoms with E-state index in [0.717, 1.165) is 42.8 Å². The molecule has 3 aromatic rings. The van der Waals surface area contributed by atoms with Gasteiger partial charge in [-0.3, -0.25) is 14.3 Å². The maximum absolute atomic E-state index is 13.8. The molecular weight excluding hydrogens is 420 g/mol. The molecule has 1 fully saturated rings. The van der Waals surface area contributed by atoms with Crippen LogP contribution in [-0.4, -0.2) is 44.4 Å². The van der Waals surface area contributed by atoms with Gasteiger partial charge in [-0.1, -0.05) is 36.4 Å². The molecule has 2 heterocycles. The monoisotopic (exact) mass is 443 g/mol. The summed E-state index contributed by atoms with van der Waals surface area (Å²) in [5.74, 6) is -0.946. The number of halogens is 2. The van der Waals surface area contributed by atoms with E-state index in [4.69, 9.17) is 0 Å². The molecule has 0 unspecified atom stereocenters. The minimum absolute atomic E-state index is 0.00929. The molecular formula is C22H23F2N5OS. The Morgan fingerprint density at radius 2 is 1.81 bits per heavy atom. The van der Waals surface area contributed by atoms with Crippen molar-refractivity contribution in [3.8, 4) is 5.69 Å². The van der Waals surface area contributed by atoms with Crippen molar-refractivity contribution in [1.82, 2.24) is 19.7 Å². The number of nitrogens with one attached hydrogen (secondary N) is 1. The lowest BCUT2D eigenvalue weighted by Gasteiger charge is -2.26. The minimum Gasteiger partial charge on any atom is -0.323 e. The molecule has 0 aliphatic carbocycles. The molecule has 1 aliphatic heterocycles. The number of benzene rings is 2. The van der Waals surface area contributed by atoms with Crippen LogP contribution in [0.15, 0.2) is 53.7 Å². The van der Waals surface area contributed by atoms with E-state index in [1.54, 1.807) is 0 Å². The molecule has 0 spiro atoms. The molecule has 1 amide bonds. The molecule has 162 valence electrons. The largest absolute Gasteiger partial charge is 0.323 e. The number of likely N-dealkylation sites (tertiary alicyclic amines) is 1. The maximum atomic E-state index is 13.8. The second-order valence-electron chi connectivity index (χ2n) is 7.37. The topological polar surface area (TPSA) is 63.1 Å². The van der Waals surface area contributed by atoms with Gasteiger partial charge in [0.25, 0.3) is 0 Å². The quantitative estimate of drug-likeness (QED) is 0.553. The minimum atomic E-state index is -0.684. The number of hydrogen-bond donors (Lipinski definition) is 1. The first-order valence-electron chi connectivity index (χ1n) is 10.2. The highest BCUT2D eigenvalue weighted by atomic mass is 32.2. The predicted molar refractivity (Wildman–Crippen MR) is 116 cm³/mol. The van der Waals surface area contributed by atoms with Gasteiger partial charge in [0.2, 0.25) is 5.91 Å². The highest BCUT2D eigenvalue weighted by molar-refractivity contribution is 7.99. The molecule has 2 aromatic carbocycles. The van der Waals surface area contributed by atoms with Gasteiger partial charge in [0.05, 0.1) is 18.0 Å². The van der Waals surface area contributed by atoms with Crippen LogP contribution in [0.1, 0.15) is 25.1 Å². The van der Waals surface area contributed by atoms with Crippen LogP contribution in [0.4, 0.5) is 14.5 Å². The average Bonchev–Trinajstić information content (AvgIpc) is 3.18. The molecule has 4 rings (SSSR count). The first kappa shape index (κ1) is 21.5. The van der Waals surface area contributed by atoms with Crippen LogP contribution in [0.5, 0.6) is 0 Å². The third-order valence-corrected chi connectivity index (χ3v) is 5.99. The van der Waals surface area contributed by atoms with Crippen molar-refractivity contribution in [1.29, 1.82) is 0 Å². The number of para-hydroxylation sites is 1. The summed E-state index contributed by atoms with van der Waals surface area (Å²) in [5, 5.41) is 11.7. The van der Waals surface area contributed by atoms with Crippen LogP contribution in [0.2, 0.25) is 0 Å². The van der Waals surface area contributed by atoms with Crippen LogP contribution >= 0.6 is 11.8 Å². The van der Waals surface area contributed by atoms with Crippen LogP contribution in [0.25, 0.3) is 5.69 Å². The summed E-state index contributed by atoms with van der Waals surface area (Å²) >= 11 is 1.20. The van der Waals surface area contributed by atoms with Crippen molar-refractivity contribution in [3.05, 3.63) is 66.0 Å². The number of nitrogens with zero attached hydrogens (tertiary/aromatic N) is 4. The molecule has 1 N–H and O–H groups in total. The second-order valence-corrected chi connectivity index (χ2v) is 8.31. The SMILES string of the molecule is O=C(CSc1nnc(CN2CCCCC2)n1-c1ccccc1)Nc1cc(F)ccc1F. The van der Waals surface area contributed by atoms with Crippen molar-refractivity contribution in [3.63, 3.8) is 0 Å². The number of rotatable bonds is 7. The summed E-state index contributed by atoms with van der Waals surface area (Å²) in [6.45, 7) is 2.75. The Hall–Kier alpha value is -2.78. The Bertz CT molecular complexity index is 1040. The fourth-order valence-corrected chi connectivity index (χ4v) is 4.33. The zero-order chi connectivity index (χ0) is 21.6. The van der Waals surface area contributed by atoms with Crippen molar-refractivity contribution in [2.75, 3.05) is 24.2 Å². The number of anilines is 1. The van der Waals surface area contributed by atoms with Gasteiger partial charge in [0, 0.05) is 11.8 Å². The highest BCUT2D eigenvalue weighted by Crippen LogP contribution is 2.24. The van der Waals surface area contributed by atoms with Crippen LogP contribution in [0, 0.1) is 11.6 Å². The Labute approximate surface area is 183 Å². The van der Waals surface area contributed by atoms with Crippen molar-refractivity contribution < 1.29 is 13.6 Å². The zero-order valence-corrected chi connectivity index (χ0v) is 17.7. The van der Waals surface area contributed by atoms with Crippen molar-refractivity contribution in [2.45, 2.75) is 31.0 Å². The van der Waals surface area contributed by atoms with Gasteiger partial charge in [-0.25, -0.2) is 8.78 Å². The summed E-state index contributed by atoms with van der Waals surface area (Å²) in [4.78, 5) is 14.7. The Kier molecular flexibility index (Phi) is 6.93. The Morgan fingerprint density at radius 1 is 1.03 bits per heavy atom. The number of piperidine rings is 1. The number of aromatic nitrogens is 3. The van der Waals surface area contributed by atoms with E-state index in [1.165, 1.54) is 31.0 Å². The first-order chi connectivity index (χ1) is 15.1. The average molecular weight is 444 g/mol. The standard InChI is InChI=1S/C22H23F2N5OS/c23-16-9-10-18(24)19(13-16)25-21(30)15-31-22-27-26-20(14-28-11-5-2-6-12-28)29(22)17-7-3-1-4-8-17/h1,3-4,7-10,13H,2,5-6,11-12,14-15H2,(H,25,30). The van der Waals surface area contributed by atoms with Crippen LogP contribution in [0.3, 0.4) is 0 Å². The van der Waals surface area contributed by atoms with Gasteiger partial charge in [0.15, 0.2) is 11.0 Å². The van der Waals surface area contributed by atoms with Crippen molar-refractivity contribution in [2.24, 2.45) is 0 Å². The number of carbonyl (C=O) groups is 1. The van der Waals surface area contributed by atoms with Gasteiger partial charge >= 0.3 is 0 Å². The molecule has 0 radical (unpaired) electrons. The van der Waals surface area contributed by atoms with E-state index < -0.39 is 17.5 Å². The first-order valence-corrected chi connectivity index (χ1v) is 11.2. The molecule has 0 saturated carbocycles.